The molecular formula is C13H12BrN3. The number of nitrogens with two attached hydrogens (primary N) is 1. The van der Waals surface area contributed by atoms with Crippen LogP contribution in [0.1, 0.15) is 0 Å². The zero-order chi connectivity index (χ0) is 11.0. The molecule has 86 valence electrons. The summed E-state index contributed by atoms with van der Waals surface area (Å²) in [6.07, 6.45) is 3.93. The minimum Gasteiger partial charge on any atom is -1.00 e. The normalized spacial score (nSPS) is 10.1. The van der Waals surface area contributed by atoms with Crippen molar-refractivity contribution in [3.63, 3.8) is 0 Å². The van der Waals surface area contributed by atoms with Crippen LogP contribution in [0.15, 0.2) is 60.9 Å². The van der Waals surface area contributed by atoms with Crippen molar-refractivity contribution in [2.45, 2.75) is 0 Å². The summed E-state index contributed by atoms with van der Waals surface area (Å²) >= 11 is 0. The topological polar surface area (TPSA) is 35.0 Å². The van der Waals surface area contributed by atoms with Gasteiger partial charge in [-0.1, -0.05) is 24.3 Å². The zero-order valence-electron chi connectivity index (χ0n) is 9.12. The van der Waals surface area contributed by atoms with Crippen LogP contribution in [0.4, 0.5) is 0 Å². The van der Waals surface area contributed by atoms with E-state index in [9.17, 15) is 0 Å². The van der Waals surface area contributed by atoms with E-state index in [0.29, 0.717) is 0 Å². The number of benzene rings is 1. The first-order valence-corrected chi connectivity index (χ1v) is 5.18. The molecule has 4 heteroatoms. The molecule has 3 rings (SSSR count). The second-order valence-corrected chi connectivity index (χ2v) is 3.72. The fourth-order valence-corrected chi connectivity index (χ4v) is 1.96. The Kier molecular flexibility index (Phi) is 3.15. The highest BCUT2D eigenvalue weighted by molar-refractivity contribution is 5.55. The van der Waals surface area contributed by atoms with Gasteiger partial charge in [-0.05, 0) is 24.3 Å². The number of hydrogen-bond acceptors (Lipinski definition) is 1. The van der Waals surface area contributed by atoms with E-state index in [4.69, 9.17) is 5.84 Å². The number of rotatable bonds is 1. The molecule has 17 heavy (non-hydrogen) atoms. The quantitative estimate of drug-likeness (QED) is 0.435. The molecule has 2 heterocycles. The first kappa shape index (κ1) is 11.7. The van der Waals surface area contributed by atoms with Crippen LogP contribution >= 0.6 is 0 Å². The highest BCUT2D eigenvalue weighted by Crippen LogP contribution is 2.15. The van der Waals surface area contributed by atoms with Crippen LogP contribution < -0.4 is 27.2 Å². The van der Waals surface area contributed by atoms with Gasteiger partial charge in [0, 0.05) is 0 Å². The molecule has 0 bridgehead atoms. The second kappa shape index (κ2) is 4.59. The van der Waals surface area contributed by atoms with Crippen molar-refractivity contribution in [1.29, 1.82) is 0 Å². The van der Waals surface area contributed by atoms with Crippen molar-refractivity contribution in [2.24, 2.45) is 0 Å². The lowest BCUT2D eigenvalue weighted by atomic mass is 10.2. The first-order chi connectivity index (χ1) is 7.86. The maximum atomic E-state index is 5.98. The van der Waals surface area contributed by atoms with Crippen molar-refractivity contribution < 1.29 is 21.4 Å². The zero-order valence-corrected chi connectivity index (χ0v) is 10.7. The summed E-state index contributed by atoms with van der Waals surface area (Å²) in [4.78, 5) is 0. The van der Waals surface area contributed by atoms with E-state index in [1.54, 1.807) is 4.68 Å². The maximum Gasteiger partial charge on any atom is 0.317 e. The average Bonchev–Trinajstić information content (AvgIpc) is 2.66. The van der Waals surface area contributed by atoms with Gasteiger partial charge in [-0.15, -0.1) is 4.68 Å². The molecule has 0 aliphatic rings. The standard InChI is InChI=1S/C13H12N3.BrH/c14-16-10-12-8-4-5-9-15(12)13(16)11-6-2-1-3-7-11;/h1-10H,14H2;1H/q+1;/p-1. The van der Waals surface area contributed by atoms with Gasteiger partial charge in [0.05, 0.1) is 11.8 Å². The monoisotopic (exact) mass is 289 g/mol. The van der Waals surface area contributed by atoms with Crippen molar-refractivity contribution in [2.75, 3.05) is 5.84 Å². The predicted molar refractivity (Wildman–Crippen MR) is 63.2 cm³/mol. The number of aromatic nitrogens is 2. The van der Waals surface area contributed by atoms with E-state index in [-0.39, 0.29) is 17.0 Å². The SMILES string of the molecule is Nn1cc2cccc[n+]2c1-c1ccccc1.[Br-]. The molecule has 2 N–H and O–H groups in total. The van der Waals surface area contributed by atoms with Crippen molar-refractivity contribution in [3.8, 4) is 11.4 Å². The molecule has 0 aliphatic heterocycles. The number of nitrogens with zero attached hydrogens (tertiary/aromatic N) is 2. The average molecular weight is 290 g/mol. The van der Waals surface area contributed by atoms with Gasteiger partial charge in [0.2, 0.25) is 0 Å². The molecule has 2 aromatic heterocycles. The van der Waals surface area contributed by atoms with Gasteiger partial charge in [0.1, 0.15) is 0 Å². The molecule has 0 amide bonds. The predicted octanol–water partition coefficient (Wildman–Crippen LogP) is -1.39. The van der Waals surface area contributed by atoms with Crippen LogP contribution in [-0.2, 0) is 0 Å². The molecule has 0 unspecified atom stereocenters. The van der Waals surface area contributed by atoms with Crippen molar-refractivity contribution >= 4 is 5.52 Å². The van der Waals surface area contributed by atoms with Gasteiger partial charge in [0.15, 0.2) is 11.7 Å². The molecule has 3 nitrogen and oxygen atoms in total. The third-order valence-electron chi connectivity index (χ3n) is 2.67. The number of hydrogen-bond donors (Lipinski definition) is 1. The van der Waals surface area contributed by atoms with Crippen LogP contribution in [0.25, 0.3) is 16.9 Å². The summed E-state index contributed by atoms with van der Waals surface area (Å²) in [6.45, 7) is 0. The van der Waals surface area contributed by atoms with Crippen LogP contribution in [0, 0.1) is 0 Å². The molecule has 1 aromatic carbocycles. The molecule has 0 fully saturated rings. The Labute approximate surface area is 110 Å². The number of pyridine rings is 1. The Morgan fingerprint density at radius 1 is 0.941 bits per heavy atom. The third-order valence-corrected chi connectivity index (χ3v) is 2.67. The lowest BCUT2D eigenvalue weighted by molar-refractivity contribution is -0.499. The number of fused-ring (bicyclic) bond motifs is 1. The molecular weight excluding hydrogens is 278 g/mol. The van der Waals surface area contributed by atoms with Crippen LogP contribution in [-0.4, -0.2) is 4.68 Å². The largest absolute Gasteiger partial charge is 1.00 e. The molecule has 0 radical (unpaired) electrons. The summed E-state index contributed by atoms with van der Waals surface area (Å²) in [5.41, 5.74) is 2.19. The number of nitrogen functional groups attached to an aromatic ring is 1. The lowest BCUT2D eigenvalue weighted by Crippen LogP contribution is -3.00. The summed E-state index contributed by atoms with van der Waals surface area (Å²) in [6, 6.07) is 16.2. The number of imidazole rings is 1. The highest BCUT2D eigenvalue weighted by atomic mass is 79.9. The Hall–Kier alpha value is -1.81. The summed E-state index contributed by atoms with van der Waals surface area (Å²) in [7, 11) is 0. The van der Waals surface area contributed by atoms with Crippen LogP contribution in [0.5, 0.6) is 0 Å². The first-order valence-electron chi connectivity index (χ1n) is 5.18. The minimum absolute atomic E-state index is 0. The van der Waals surface area contributed by atoms with E-state index in [1.807, 2.05) is 48.8 Å². The van der Waals surface area contributed by atoms with Crippen molar-refractivity contribution in [3.05, 3.63) is 60.9 Å². The summed E-state index contributed by atoms with van der Waals surface area (Å²) < 4.78 is 3.74. The smallest absolute Gasteiger partial charge is 0.317 e. The minimum atomic E-state index is 0. The van der Waals surface area contributed by atoms with E-state index in [0.717, 1.165) is 16.9 Å². The summed E-state index contributed by atoms with van der Waals surface area (Å²) in [5.74, 6) is 6.96. The maximum absolute atomic E-state index is 5.98. The third kappa shape index (κ3) is 1.91. The Bertz CT molecular complexity index is 631. The van der Waals surface area contributed by atoms with E-state index in [1.165, 1.54) is 0 Å². The summed E-state index contributed by atoms with van der Waals surface area (Å²) in [5, 5.41) is 0. The van der Waals surface area contributed by atoms with Crippen molar-refractivity contribution in [1.82, 2.24) is 4.68 Å². The van der Waals surface area contributed by atoms with Crippen LogP contribution in [0.2, 0.25) is 0 Å². The molecule has 3 aromatic rings. The molecule has 0 atom stereocenters. The Morgan fingerprint density at radius 3 is 2.41 bits per heavy atom. The van der Waals surface area contributed by atoms with Gasteiger partial charge in [-0.3, -0.25) is 5.84 Å². The fraction of sp³-hybridized carbons (Fsp3) is 0. The van der Waals surface area contributed by atoms with Gasteiger partial charge in [-0.2, -0.15) is 4.40 Å². The van der Waals surface area contributed by atoms with Gasteiger partial charge >= 0.3 is 5.82 Å². The van der Waals surface area contributed by atoms with E-state index in [2.05, 4.69) is 16.5 Å². The molecule has 0 aliphatic carbocycles. The highest BCUT2D eigenvalue weighted by Gasteiger charge is 2.17. The molecule has 0 saturated heterocycles. The van der Waals surface area contributed by atoms with Crippen LogP contribution in [0.3, 0.4) is 0 Å². The van der Waals surface area contributed by atoms with Gasteiger partial charge in [0.25, 0.3) is 0 Å². The number of halogens is 1. The molecule has 0 saturated carbocycles. The van der Waals surface area contributed by atoms with E-state index >= 15 is 0 Å². The fourth-order valence-electron chi connectivity index (χ4n) is 1.96. The van der Waals surface area contributed by atoms with Gasteiger partial charge < -0.3 is 17.0 Å². The lowest BCUT2D eigenvalue weighted by Gasteiger charge is -1.95. The van der Waals surface area contributed by atoms with E-state index < -0.39 is 0 Å². The second-order valence-electron chi connectivity index (χ2n) is 3.72. The Balaban J connectivity index is 0.00000108. The molecule has 0 spiro atoms. The Morgan fingerprint density at radius 2 is 1.65 bits per heavy atom. The van der Waals surface area contributed by atoms with Gasteiger partial charge in [-0.25, -0.2) is 0 Å².